The molecule has 0 spiro atoms. The van der Waals surface area contributed by atoms with E-state index in [1.807, 2.05) is 6.07 Å². The van der Waals surface area contributed by atoms with E-state index in [2.05, 4.69) is 14.8 Å². The summed E-state index contributed by atoms with van der Waals surface area (Å²) in [7, 11) is 1.38. The molecule has 7 heteroatoms. The number of rotatable bonds is 2. The molecule has 2 aromatic heterocycles. The molecule has 1 aliphatic heterocycles. The van der Waals surface area contributed by atoms with E-state index in [1.165, 1.54) is 7.11 Å². The van der Waals surface area contributed by atoms with E-state index in [0.29, 0.717) is 19.0 Å². The number of imidazole rings is 1. The van der Waals surface area contributed by atoms with Gasteiger partial charge in [0.15, 0.2) is 5.65 Å². The minimum atomic E-state index is -0.316. The third-order valence-corrected chi connectivity index (χ3v) is 3.10. The fourth-order valence-corrected chi connectivity index (χ4v) is 2.15. The molecule has 1 unspecified atom stereocenters. The fraction of sp³-hybridized carbons (Fsp3) is 0.417. The molecule has 1 saturated heterocycles. The van der Waals surface area contributed by atoms with Crippen LogP contribution in [0.2, 0.25) is 0 Å². The van der Waals surface area contributed by atoms with Crippen LogP contribution in [-0.4, -0.2) is 51.9 Å². The number of hydrogen-bond acceptors (Lipinski definition) is 5. The highest BCUT2D eigenvalue weighted by molar-refractivity contribution is 5.67. The Bertz CT molecular complexity index is 597. The average Bonchev–Trinajstić information content (AvgIpc) is 3.06. The zero-order valence-electron chi connectivity index (χ0n) is 10.5. The highest BCUT2D eigenvalue weighted by Gasteiger charge is 2.28. The Morgan fingerprint density at radius 1 is 1.47 bits per heavy atom. The Morgan fingerprint density at radius 3 is 3.21 bits per heavy atom. The normalized spacial score (nSPS) is 18.8. The van der Waals surface area contributed by atoms with Crippen LogP contribution >= 0.6 is 0 Å². The number of ether oxygens (including phenoxy) is 2. The predicted octanol–water partition coefficient (Wildman–Crippen LogP) is 0.949. The number of likely N-dealkylation sites (tertiary alicyclic amines) is 1. The summed E-state index contributed by atoms with van der Waals surface area (Å²) in [5, 5.41) is 4.29. The maximum atomic E-state index is 11.4. The van der Waals surface area contributed by atoms with E-state index >= 15 is 0 Å². The van der Waals surface area contributed by atoms with Crippen molar-refractivity contribution in [1.82, 2.24) is 19.5 Å². The van der Waals surface area contributed by atoms with Gasteiger partial charge < -0.3 is 14.4 Å². The van der Waals surface area contributed by atoms with Gasteiger partial charge in [-0.15, -0.1) is 5.10 Å². The molecular weight excluding hydrogens is 248 g/mol. The average molecular weight is 262 g/mol. The number of fused-ring (bicyclic) bond motifs is 1. The monoisotopic (exact) mass is 262 g/mol. The van der Waals surface area contributed by atoms with Gasteiger partial charge in [0.2, 0.25) is 5.88 Å². The number of aromatic nitrogens is 3. The van der Waals surface area contributed by atoms with Crippen molar-refractivity contribution in [3.05, 3.63) is 24.5 Å². The Hall–Kier alpha value is -2.31. The first-order valence-corrected chi connectivity index (χ1v) is 6.06. The quantitative estimate of drug-likeness (QED) is 0.806. The highest BCUT2D eigenvalue weighted by atomic mass is 16.5. The van der Waals surface area contributed by atoms with Crippen LogP contribution in [0.25, 0.3) is 5.65 Å². The van der Waals surface area contributed by atoms with Gasteiger partial charge in [0.1, 0.15) is 6.10 Å². The summed E-state index contributed by atoms with van der Waals surface area (Å²) in [4.78, 5) is 17.1. The minimum Gasteiger partial charge on any atom is -0.471 e. The summed E-state index contributed by atoms with van der Waals surface area (Å²) < 4.78 is 12.1. The zero-order valence-corrected chi connectivity index (χ0v) is 10.5. The molecule has 0 aliphatic carbocycles. The zero-order chi connectivity index (χ0) is 13.2. The second-order valence-electron chi connectivity index (χ2n) is 4.35. The topological polar surface area (TPSA) is 69.0 Å². The number of nitrogens with zero attached hydrogens (tertiary/aromatic N) is 4. The van der Waals surface area contributed by atoms with Crippen LogP contribution in [0, 0.1) is 0 Å². The molecule has 2 aromatic rings. The maximum absolute atomic E-state index is 11.4. The van der Waals surface area contributed by atoms with Crippen molar-refractivity contribution >= 4 is 11.7 Å². The van der Waals surface area contributed by atoms with Gasteiger partial charge in [-0.1, -0.05) is 0 Å². The van der Waals surface area contributed by atoms with Crippen LogP contribution in [0.3, 0.4) is 0 Å². The van der Waals surface area contributed by atoms with Crippen molar-refractivity contribution in [1.29, 1.82) is 0 Å². The van der Waals surface area contributed by atoms with Crippen molar-refractivity contribution in [2.24, 2.45) is 0 Å². The molecule has 1 atom stereocenters. The minimum absolute atomic E-state index is 0.0485. The molecule has 100 valence electrons. The molecule has 3 heterocycles. The molecule has 1 amide bonds. The number of carbonyl (C=O) groups excluding carboxylic acids is 1. The summed E-state index contributed by atoms with van der Waals surface area (Å²) in [6, 6.07) is 3.62. The SMILES string of the molecule is COC(=O)N1CCC(Oc2ccc3nccn3n2)C1. The first-order valence-electron chi connectivity index (χ1n) is 6.06. The first kappa shape index (κ1) is 11.8. The molecule has 1 fully saturated rings. The van der Waals surface area contributed by atoms with Gasteiger partial charge >= 0.3 is 6.09 Å². The smallest absolute Gasteiger partial charge is 0.409 e. The summed E-state index contributed by atoms with van der Waals surface area (Å²) in [5.41, 5.74) is 0.773. The van der Waals surface area contributed by atoms with Crippen LogP contribution in [0.15, 0.2) is 24.5 Å². The Labute approximate surface area is 109 Å². The largest absolute Gasteiger partial charge is 0.471 e. The van der Waals surface area contributed by atoms with E-state index in [-0.39, 0.29) is 12.2 Å². The Morgan fingerprint density at radius 2 is 2.37 bits per heavy atom. The summed E-state index contributed by atoms with van der Waals surface area (Å²) in [5.74, 6) is 0.530. The van der Waals surface area contributed by atoms with Crippen molar-refractivity contribution in [2.45, 2.75) is 12.5 Å². The van der Waals surface area contributed by atoms with Crippen LogP contribution in [0.1, 0.15) is 6.42 Å². The van der Waals surface area contributed by atoms with Crippen LogP contribution in [0.5, 0.6) is 5.88 Å². The lowest BCUT2D eigenvalue weighted by Crippen LogP contribution is -2.30. The van der Waals surface area contributed by atoms with Crippen molar-refractivity contribution in [3.8, 4) is 5.88 Å². The van der Waals surface area contributed by atoms with Crippen molar-refractivity contribution < 1.29 is 14.3 Å². The number of hydrogen-bond donors (Lipinski definition) is 0. The lowest BCUT2D eigenvalue weighted by Gasteiger charge is -2.15. The van der Waals surface area contributed by atoms with Gasteiger partial charge in [-0.2, -0.15) is 0 Å². The molecule has 19 heavy (non-hydrogen) atoms. The molecule has 0 radical (unpaired) electrons. The van der Waals surface area contributed by atoms with Crippen LogP contribution < -0.4 is 4.74 Å². The Kier molecular flexibility index (Phi) is 2.94. The van der Waals surface area contributed by atoms with E-state index in [1.54, 1.807) is 27.9 Å². The lowest BCUT2D eigenvalue weighted by atomic mass is 10.3. The van der Waals surface area contributed by atoms with Crippen molar-refractivity contribution in [3.63, 3.8) is 0 Å². The maximum Gasteiger partial charge on any atom is 0.409 e. The van der Waals surface area contributed by atoms with Gasteiger partial charge in [0.25, 0.3) is 0 Å². The van der Waals surface area contributed by atoms with Crippen LogP contribution in [-0.2, 0) is 4.74 Å². The molecular formula is C12H14N4O3. The molecule has 3 rings (SSSR count). The predicted molar refractivity (Wildman–Crippen MR) is 66.0 cm³/mol. The lowest BCUT2D eigenvalue weighted by molar-refractivity contribution is 0.125. The second-order valence-corrected chi connectivity index (χ2v) is 4.35. The summed E-state index contributed by atoms with van der Waals surface area (Å²) in [6.07, 6.45) is 3.86. The molecule has 7 nitrogen and oxygen atoms in total. The van der Waals surface area contributed by atoms with E-state index < -0.39 is 0 Å². The first-order chi connectivity index (χ1) is 9.26. The Balaban J connectivity index is 1.67. The number of carbonyl (C=O) groups is 1. The molecule has 0 N–H and O–H groups in total. The van der Waals surface area contributed by atoms with Crippen LogP contribution in [0.4, 0.5) is 4.79 Å². The highest BCUT2D eigenvalue weighted by Crippen LogP contribution is 2.17. The van der Waals surface area contributed by atoms with Crippen molar-refractivity contribution in [2.75, 3.05) is 20.2 Å². The molecule has 0 aromatic carbocycles. The van der Waals surface area contributed by atoms with E-state index in [4.69, 9.17) is 4.74 Å². The third kappa shape index (κ3) is 2.31. The van der Waals surface area contributed by atoms with E-state index in [0.717, 1.165) is 12.1 Å². The standard InChI is InChI=1S/C12H14N4O3/c1-18-12(17)15-6-4-9(8-15)19-11-3-2-10-13-5-7-16(10)14-11/h2-3,5,7,9H,4,6,8H2,1H3. The number of methoxy groups -OCH3 is 1. The van der Waals surface area contributed by atoms with E-state index in [9.17, 15) is 4.79 Å². The fourth-order valence-electron chi connectivity index (χ4n) is 2.15. The molecule has 0 saturated carbocycles. The van der Waals surface area contributed by atoms with Gasteiger partial charge in [-0.25, -0.2) is 14.3 Å². The second kappa shape index (κ2) is 4.75. The third-order valence-electron chi connectivity index (χ3n) is 3.10. The van der Waals surface area contributed by atoms with Gasteiger partial charge in [0.05, 0.1) is 13.7 Å². The van der Waals surface area contributed by atoms with Gasteiger partial charge in [-0.05, 0) is 6.07 Å². The summed E-state index contributed by atoms with van der Waals surface area (Å²) >= 11 is 0. The molecule has 0 bridgehead atoms. The van der Waals surface area contributed by atoms with Gasteiger partial charge in [0, 0.05) is 31.4 Å². The number of amides is 1. The molecule has 1 aliphatic rings. The van der Waals surface area contributed by atoms with Gasteiger partial charge in [-0.3, -0.25) is 0 Å². The summed E-state index contributed by atoms with van der Waals surface area (Å²) in [6.45, 7) is 1.17.